The number of benzene rings is 1. The molecule has 1 aromatic heterocycles. The maximum atomic E-state index is 6.43. The van der Waals surface area contributed by atoms with Gasteiger partial charge in [-0.05, 0) is 37.0 Å². The Bertz CT molecular complexity index is 656. The van der Waals surface area contributed by atoms with Crippen LogP contribution < -0.4 is 5.73 Å². The Morgan fingerprint density at radius 1 is 1.05 bits per heavy atom. The highest BCUT2D eigenvalue weighted by atomic mass is 14.8. The standard InChI is InChI=1S/C19H28N2/c1-12(2)13-9-8-10-14-15(19(6,7)20)11-16(18(3,4)5)21-17(13)14/h8-12H,20H2,1-7H3. The maximum Gasteiger partial charge on any atom is 0.0743 e. The zero-order chi connectivity index (χ0) is 16.0. The zero-order valence-corrected chi connectivity index (χ0v) is 14.4. The van der Waals surface area contributed by atoms with E-state index in [9.17, 15) is 0 Å². The van der Waals surface area contributed by atoms with Gasteiger partial charge >= 0.3 is 0 Å². The van der Waals surface area contributed by atoms with Gasteiger partial charge in [0.05, 0.1) is 5.52 Å². The first-order valence-electron chi connectivity index (χ1n) is 7.75. The van der Waals surface area contributed by atoms with Crippen LogP contribution in [-0.2, 0) is 11.0 Å². The van der Waals surface area contributed by atoms with Crippen molar-refractivity contribution in [2.24, 2.45) is 5.73 Å². The van der Waals surface area contributed by atoms with Gasteiger partial charge in [-0.25, -0.2) is 0 Å². The van der Waals surface area contributed by atoms with E-state index in [4.69, 9.17) is 10.7 Å². The van der Waals surface area contributed by atoms with E-state index in [1.165, 1.54) is 16.5 Å². The lowest BCUT2D eigenvalue weighted by molar-refractivity contribution is 0.542. The third-order valence-electron chi connectivity index (χ3n) is 3.96. The number of nitrogens with two attached hydrogens (primary N) is 1. The molecule has 0 fully saturated rings. The van der Waals surface area contributed by atoms with Crippen LogP contribution >= 0.6 is 0 Å². The molecule has 21 heavy (non-hydrogen) atoms. The molecule has 2 heteroatoms. The predicted octanol–water partition coefficient (Wildman–Crippen LogP) is 4.85. The predicted molar refractivity (Wildman–Crippen MR) is 91.7 cm³/mol. The topological polar surface area (TPSA) is 38.9 Å². The lowest BCUT2D eigenvalue weighted by atomic mass is 9.84. The SMILES string of the molecule is CC(C)c1cccc2c(C(C)(C)N)cc(C(C)(C)C)nc12. The van der Waals surface area contributed by atoms with E-state index >= 15 is 0 Å². The normalized spacial score (nSPS) is 13.2. The molecule has 0 radical (unpaired) electrons. The number of pyridine rings is 1. The van der Waals surface area contributed by atoms with E-state index in [1.54, 1.807) is 0 Å². The minimum Gasteiger partial charge on any atom is -0.322 e. The summed E-state index contributed by atoms with van der Waals surface area (Å²) in [6.45, 7) is 15.2. The van der Waals surface area contributed by atoms with Crippen molar-refractivity contribution in [2.45, 2.75) is 65.3 Å². The second-order valence-corrected chi connectivity index (χ2v) is 7.92. The average Bonchev–Trinajstić information content (AvgIpc) is 2.34. The number of aromatic nitrogens is 1. The van der Waals surface area contributed by atoms with E-state index in [0.29, 0.717) is 5.92 Å². The number of hydrogen-bond donors (Lipinski definition) is 1. The molecule has 2 aromatic rings. The maximum absolute atomic E-state index is 6.43. The second-order valence-electron chi connectivity index (χ2n) is 7.92. The van der Waals surface area contributed by atoms with Crippen molar-refractivity contribution in [2.75, 3.05) is 0 Å². The molecule has 0 aliphatic rings. The van der Waals surface area contributed by atoms with Crippen molar-refractivity contribution in [1.29, 1.82) is 0 Å². The van der Waals surface area contributed by atoms with Crippen LogP contribution in [0.5, 0.6) is 0 Å². The number of fused-ring (bicyclic) bond motifs is 1. The van der Waals surface area contributed by atoms with Gasteiger partial charge in [0.25, 0.3) is 0 Å². The van der Waals surface area contributed by atoms with E-state index in [1.807, 2.05) is 0 Å². The number of hydrogen-bond acceptors (Lipinski definition) is 2. The van der Waals surface area contributed by atoms with Crippen LogP contribution in [0.25, 0.3) is 10.9 Å². The Kier molecular flexibility index (Phi) is 3.88. The fourth-order valence-electron chi connectivity index (χ4n) is 2.65. The van der Waals surface area contributed by atoms with Crippen LogP contribution in [0.3, 0.4) is 0 Å². The Morgan fingerprint density at radius 3 is 2.14 bits per heavy atom. The first-order valence-corrected chi connectivity index (χ1v) is 7.75. The van der Waals surface area contributed by atoms with Crippen molar-refractivity contribution in [3.8, 4) is 0 Å². The third kappa shape index (κ3) is 3.11. The summed E-state index contributed by atoms with van der Waals surface area (Å²) in [4.78, 5) is 4.99. The van der Waals surface area contributed by atoms with Crippen LogP contribution in [0.1, 0.15) is 71.2 Å². The molecular weight excluding hydrogens is 256 g/mol. The van der Waals surface area contributed by atoms with Gasteiger partial charge in [0.1, 0.15) is 0 Å². The first kappa shape index (κ1) is 16.0. The summed E-state index contributed by atoms with van der Waals surface area (Å²) in [5.41, 5.74) is 10.8. The third-order valence-corrected chi connectivity index (χ3v) is 3.96. The molecule has 0 amide bonds. The van der Waals surface area contributed by atoms with Gasteiger partial charge in [-0.15, -0.1) is 0 Å². The molecule has 2 N–H and O–H groups in total. The molecule has 0 aliphatic heterocycles. The molecule has 2 rings (SSSR count). The van der Waals surface area contributed by atoms with Gasteiger partial charge in [-0.2, -0.15) is 0 Å². The van der Waals surface area contributed by atoms with Crippen molar-refractivity contribution in [3.63, 3.8) is 0 Å². The molecular formula is C19H28N2. The summed E-state index contributed by atoms with van der Waals surface area (Å²) >= 11 is 0. The molecule has 2 nitrogen and oxygen atoms in total. The van der Waals surface area contributed by atoms with Crippen LogP contribution in [-0.4, -0.2) is 4.98 Å². The first-order chi connectivity index (χ1) is 9.51. The molecule has 0 unspecified atom stereocenters. The van der Waals surface area contributed by atoms with Gasteiger partial charge in [0.15, 0.2) is 0 Å². The highest BCUT2D eigenvalue weighted by Crippen LogP contribution is 2.34. The molecule has 0 saturated heterocycles. The smallest absolute Gasteiger partial charge is 0.0743 e. The van der Waals surface area contributed by atoms with Crippen molar-refractivity contribution in [3.05, 3.63) is 41.1 Å². The van der Waals surface area contributed by atoms with Crippen LogP contribution in [0.15, 0.2) is 24.3 Å². The number of nitrogens with zero attached hydrogens (tertiary/aromatic N) is 1. The summed E-state index contributed by atoms with van der Waals surface area (Å²) in [7, 11) is 0. The van der Waals surface area contributed by atoms with Crippen LogP contribution in [0.4, 0.5) is 0 Å². The van der Waals surface area contributed by atoms with Crippen molar-refractivity contribution < 1.29 is 0 Å². The van der Waals surface area contributed by atoms with E-state index in [2.05, 4.69) is 72.7 Å². The van der Waals surface area contributed by atoms with E-state index in [0.717, 1.165) is 11.2 Å². The van der Waals surface area contributed by atoms with Gasteiger partial charge in [0, 0.05) is 22.0 Å². The van der Waals surface area contributed by atoms with Gasteiger partial charge in [-0.1, -0.05) is 52.8 Å². The van der Waals surface area contributed by atoms with Crippen molar-refractivity contribution in [1.82, 2.24) is 4.98 Å². The minimum atomic E-state index is -0.378. The molecule has 0 aliphatic carbocycles. The molecule has 0 atom stereocenters. The Hall–Kier alpha value is -1.41. The lowest BCUT2D eigenvalue weighted by Crippen LogP contribution is -2.30. The average molecular weight is 284 g/mol. The lowest BCUT2D eigenvalue weighted by Gasteiger charge is -2.27. The van der Waals surface area contributed by atoms with Crippen LogP contribution in [0, 0.1) is 0 Å². The summed E-state index contributed by atoms with van der Waals surface area (Å²) in [5.74, 6) is 0.449. The monoisotopic (exact) mass is 284 g/mol. The van der Waals surface area contributed by atoms with Crippen LogP contribution in [0.2, 0.25) is 0 Å². The quantitative estimate of drug-likeness (QED) is 0.856. The minimum absolute atomic E-state index is 0.0122. The highest BCUT2D eigenvalue weighted by Gasteiger charge is 2.24. The summed E-state index contributed by atoms with van der Waals surface area (Å²) in [6.07, 6.45) is 0. The fourth-order valence-corrected chi connectivity index (χ4v) is 2.65. The molecule has 0 saturated carbocycles. The molecule has 0 bridgehead atoms. The Balaban J connectivity index is 2.92. The van der Waals surface area contributed by atoms with E-state index in [-0.39, 0.29) is 11.0 Å². The van der Waals surface area contributed by atoms with Gasteiger partial charge in [0.2, 0.25) is 0 Å². The van der Waals surface area contributed by atoms with Crippen molar-refractivity contribution >= 4 is 10.9 Å². The van der Waals surface area contributed by atoms with Gasteiger partial charge in [-0.3, -0.25) is 4.98 Å². The summed E-state index contributed by atoms with van der Waals surface area (Å²) in [6, 6.07) is 8.63. The molecule has 1 aromatic carbocycles. The van der Waals surface area contributed by atoms with E-state index < -0.39 is 0 Å². The zero-order valence-electron chi connectivity index (χ0n) is 14.4. The second kappa shape index (κ2) is 5.10. The Morgan fingerprint density at radius 2 is 1.67 bits per heavy atom. The largest absolute Gasteiger partial charge is 0.322 e. The molecule has 0 spiro atoms. The summed E-state index contributed by atoms with van der Waals surface area (Å²) in [5, 5.41) is 1.18. The number of para-hydroxylation sites is 1. The number of rotatable bonds is 2. The molecule has 1 heterocycles. The fraction of sp³-hybridized carbons (Fsp3) is 0.526. The highest BCUT2D eigenvalue weighted by molar-refractivity contribution is 5.86. The van der Waals surface area contributed by atoms with Gasteiger partial charge < -0.3 is 5.73 Å². The molecule has 114 valence electrons. The Labute approximate surface area is 128 Å². The summed E-state index contributed by atoms with van der Waals surface area (Å²) < 4.78 is 0.